The molecule has 0 aliphatic rings. The zero-order chi connectivity index (χ0) is 24.0. The fraction of sp³-hybridized carbons (Fsp3) is 0.720. The fourth-order valence-electron chi connectivity index (χ4n) is 4.15. The van der Waals surface area contributed by atoms with Gasteiger partial charge in [-0.25, -0.2) is 0 Å². The van der Waals surface area contributed by atoms with Gasteiger partial charge in [0, 0.05) is 0 Å². The molecule has 30 heavy (non-hydrogen) atoms. The molecular weight excluding hydrogens is 515 g/mol. The van der Waals surface area contributed by atoms with Crippen molar-refractivity contribution in [2.45, 2.75) is 116 Å². The Balaban J connectivity index is 0.00000192. The van der Waals surface area contributed by atoms with Crippen LogP contribution in [0, 0.1) is 0 Å². The van der Waals surface area contributed by atoms with E-state index >= 15 is 0 Å². The van der Waals surface area contributed by atoms with E-state index in [0.29, 0.717) is 20.6 Å². The Labute approximate surface area is 202 Å². The first-order valence-electron chi connectivity index (χ1n) is 10.6. The van der Waals surface area contributed by atoms with Crippen LogP contribution in [0.5, 0.6) is 0 Å². The molecule has 1 nitrogen and oxygen atoms in total. The molecule has 0 saturated carbocycles. The molecule has 0 bridgehead atoms. The van der Waals surface area contributed by atoms with Crippen LogP contribution in [0.3, 0.4) is 0 Å². The number of hydrogen-bond donors (Lipinski definition) is 0. The molecule has 0 atom stereocenters. The van der Waals surface area contributed by atoms with Crippen molar-refractivity contribution in [2.75, 3.05) is 0 Å². The molecule has 0 spiro atoms. The molecule has 1 aromatic rings. The zero-order valence-electron chi connectivity index (χ0n) is 21.3. The molecule has 176 valence electrons. The van der Waals surface area contributed by atoms with Crippen molar-refractivity contribution in [3.05, 3.63) is 35.4 Å². The van der Waals surface area contributed by atoms with Gasteiger partial charge >= 0.3 is 35.5 Å². The van der Waals surface area contributed by atoms with Gasteiger partial charge in [0.1, 0.15) is 0 Å². The molecule has 0 aromatic heterocycles. The summed E-state index contributed by atoms with van der Waals surface area (Å²) in [5.41, 5.74) is 3.08. The predicted molar refractivity (Wildman–Crippen MR) is 139 cm³/mol. The summed E-state index contributed by atoms with van der Waals surface area (Å²) in [5, 5.41) is 1.53. The van der Waals surface area contributed by atoms with Gasteiger partial charge in [0.2, 0.25) is 0 Å². The second kappa shape index (κ2) is 12.2. The van der Waals surface area contributed by atoms with Crippen molar-refractivity contribution in [3.8, 4) is 0 Å². The summed E-state index contributed by atoms with van der Waals surface area (Å²) in [4.78, 5) is 9.81. The van der Waals surface area contributed by atoms with Crippen LogP contribution in [-0.2, 0) is 33.3 Å². The summed E-state index contributed by atoms with van der Waals surface area (Å²) >= 11 is -0.469. The first-order valence-corrected chi connectivity index (χ1v) is 16.9. The van der Waals surface area contributed by atoms with Gasteiger partial charge in [-0.1, -0.05) is 123 Å². The van der Waals surface area contributed by atoms with Gasteiger partial charge in [-0.15, -0.1) is 0 Å². The minimum atomic E-state index is -0.469. The average Bonchev–Trinajstić information content (AvgIpc) is 2.54. The maximum absolute atomic E-state index is 9.08. The van der Waals surface area contributed by atoms with E-state index in [0.717, 1.165) is 4.88 Å². The van der Waals surface area contributed by atoms with Crippen molar-refractivity contribution in [1.29, 1.82) is 0 Å². The summed E-state index contributed by atoms with van der Waals surface area (Å²) in [6.07, 6.45) is 2.47. The monoisotopic (exact) mass is 560 g/mol. The van der Waals surface area contributed by atoms with E-state index in [1.807, 2.05) is 0 Å². The molecule has 0 unspecified atom stereocenters. The van der Waals surface area contributed by atoms with Gasteiger partial charge in [-0.3, -0.25) is 0 Å². The maximum atomic E-state index is 9.08. The summed E-state index contributed by atoms with van der Waals surface area (Å²) in [6.45, 7) is 29.1. The third-order valence-electron chi connectivity index (χ3n) is 4.94. The third kappa shape index (κ3) is 11.5. The molecule has 0 aliphatic heterocycles. The summed E-state index contributed by atoms with van der Waals surface area (Å²) in [5.74, 6) is 0. The Morgan fingerprint density at radius 1 is 0.733 bits per heavy atom. The SMILES string of the molecule is CC(C)(C)P(Cc1cccc(CP(C(C)(C)C)C(C)(C)C)c1)C(C)(C)C.O=[CH][Ru][Cl]. The van der Waals surface area contributed by atoms with Gasteiger partial charge in [0.05, 0.1) is 0 Å². The molecule has 0 fully saturated rings. The number of benzene rings is 1. The van der Waals surface area contributed by atoms with Crippen LogP contribution in [0.1, 0.15) is 94.2 Å². The van der Waals surface area contributed by atoms with E-state index in [1.165, 1.54) is 23.5 Å². The number of rotatable bonds is 5. The van der Waals surface area contributed by atoms with Crippen LogP contribution in [0.25, 0.3) is 0 Å². The summed E-state index contributed by atoms with van der Waals surface area (Å²) < 4.78 is 0. The molecule has 0 aliphatic carbocycles. The Hall–Kier alpha value is 0.663. The third-order valence-corrected chi connectivity index (χ3v) is 13.3. The van der Waals surface area contributed by atoms with Crippen LogP contribution < -0.4 is 0 Å². The fourth-order valence-corrected chi connectivity index (χ4v) is 11.2. The molecule has 0 saturated heterocycles. The van der Waals surface area contributed by atoms with Crippen molar-refractivity contribution >= 4 is 30.4 Å². The Morgan fingerprint density at radius 2 is 1.00 bits per heavy atom. The first kappa shape index (κ1) is 30.7. The Kier molecular flexibility index (Phi) is 12.5. The average molecular weight is 560 g/mol. The summed E-state index contributed by atoms with van der Waals surface area (Å²) in [7, 11) is 4.72. The van der Waals surface area contributed by atoms with Crippen molar-refractivity contribution in [2.24, 2.45) is 0 Å². The van der Waals surface area contributed by atoms with Crippen LogP contribution in [-0.4, -0.2) is 25.5 Å². The number of carbonyl (C=O) groups is 1. The van der Waals surface area contributed by atoms with Gasteiger partial charge in [-0.2, -0.15) is 0 Å². The molecule has 1 rings (SSSR count). The van der Waals surface area contributed by atoms with E-state index in [-0.39, 0.29) is 15.8 Å². The van der Waals surface area contributed by atoms with Gasteiger partial charge in [-0.05, 0) is 44.1 Å². The molecule has 0 heterocycles. The van der Waals surface area contributed by atoms with Crippen molar-refractivity contribution < 1.29 is 20.9 Å². The van der Waals surface area contributed by atoms with Gasteiger partial charge < -0.3 is 0 Å². The molecule has 5 heteroatoms. The molecular formula is C25H45ClOP2Ru. The van der Waals surface area contributed by atoms with Crippen LogP contribution in [0.4, 0.5) is 0 Å². The van der Waals surface area contributed by atoms with Gasteiger partial charge in [0.15, 0.2) is 0 Å². The van der Waals surface area contributed by atoms with Crippen molar-refractivity contribution in [1.82, 2.24) is 0 Å². The molecule has 0 N–H and O–H groups in total. The van der Waals surface area contributed by atoms with E-state index in [9.17, 15) is 0 Å². The standard InChI is InChI=1S/C24H44P2.CHO.ClH.Ru/c1-21(2,3)25(22(4,5)6)17-19-14-13-15-20(16-19)18-26(23(7,8)9)24(10,11)12;1-2;;/h13-16H,17-18H2,1-12H3;1H;1H;/q;;;+1/p-1. The van der Waals surface area contributed by atoms with Crippen LogP contribution in [0.15, 0.2) is 24.3 Å². The Morgan fingerprint density at radius 3 is 1.20 bits per heavy atom. The quantitative estimate of drug-likeness (QED) is 0.199. The van der Waals surface area contributed by atoms with Crippen LogP contribution >= 0.6 is 25.5 Å². The van der Waals surface area contributed by atoms with Crippen LogP contribution in [0.2, 0.25) is 0 Å². The number of hydrogen-bond acceptors (Lipinski definition) is 1. The number of carbonyl (C=O) groups excluding carboxylic acids is 1. The topological polar surface area (TPSA) is 17.1 Å². The van der Waals surface area contributed by atoms with E-state index in [4.69, 9.17) is 14.5 Å². The first-order chi connectivity index (χ1) is 13.3. The van der Waals surface area contributed by atoms with Gasteiger partial charge in [0.25, 0.3) is 0 Å². The molecule has 1 aromatic carbocycles. The second-order valence-corrected chi connectivity index (χ2v) is 21.2. The number of halogens is 1. The second-order valence-electron chi connectivity index (χ2n) is 11.8. The van der Waals surface area contributed by atoms with E-state index in [2.05, 4.69) is 107 Å². The normalized spacial score (nSPS) is 13.4. The molecule has 0 radical (unpaired) electrons. The predicted octanol–water partition coefficient (Wildman–Crippen LogP) is 9.26. The van der Waals surface area contributed by atoms with E-state index in [1.54, 1.807) is 0 Å². The minimum absolute atomic E-state index is 0.0916. The summed E-state index contributed by atoms with van der Waals surface area (Å²) in [6, 6.07) is 9.52. The molecule has 0 amide bonds. The Bertz CT molecular complexity index is 572. The van der Waals surface area contributed by atoms with E-state index < -0.39 is 16.1 Å². The van der Waals surface area contributed by atoms with Crippen molar-refractivity contribution in [3.63, 3.8) is 0 Å². The zero-order valence-corrected chi connectivity index (χ0v) is 25.6.